The minimum atomic E-state index is -4.74. The van der Waals surface area contributed by atoms with Crippen LogP contribution in [0.2, 0.25) is 5.02 Å². The maximum Gasteiger partial charge on any atom is 0.421 e. The molecule has 53 heavy (non-hydrogen) atoms. The normalized spacial score (nSPS) is 17.6. The number of carbonyl (C=O) groups is 1. The summed E-state index contributed by atoms with van der Waals surface area (Å²) in [6, 6.07) is 14.4. The Labute approximate surface area is 311 Å². The molecule has 2 aromatic heterocycles. The third-order valence-corrected chi connectivity index (χ3v) is 9.90. The molecule has 4 aromatic rings. The van der Waals surface area contributed by atoms with Crippen LogP contribution in [0.5, 0.6) is 17.5 Å². The molecule has 2 aromatic carbocycles. The van der Waals surface area contributed by atoms with Gasteiger partial charge in [-0.2, -0.15) is 18.2 Å². The standard InChI is InChI=1S/C39H43ClF3N5O5/c1-22(49)18-44-20-25-16-31(39(41,42)43)38(48-37(25)52-3)53-32-9-5-7-27-28(6-4-8-29(27)32)30-14-15-46-36(35(30)40)23-10-11-24(33(17-23)51-2)19-45-21-26-12-13-34(50)47-26/h4,6,8,10-11,14-17,22,26,32,44-45,49H,5,7,9,12-13,18-21H2,1-3H3,(H,47,50)/t22-,26+,32+/m0/s1. The third kappa shape index (κ3) is 8.86. The fourth-order valence-corrected chi connectivity index (χ4v) is 7.27. The van der Waals surface area contributed by atoms with Gasteiger partial charge in [-0.25, -0.2) is 0 Å². The van der Waals surface area contributed by atoms with E-state index in [0.717, 1.165) is 45.9 Å². The molecule has 0 radical (unpaired) electrons. The summed E-state index contributed by atoms with van der Waals surface area (Å²) in [5.74, 6) is 0.192. The summed E-state index contributed by atoms with van der Waals surface area (Å²) in [5, 5.41) is 19.3. The van der Waals surface area contributed by atoms with E-state index in [1.807, 2.05) is 42.5 Å². The predicted octanol–water partition coefficient (Wildman–Crippen LogP) is 6.80. The number of aromatic nitrogens is 2. The Kier molecular flexibility index (Phi) is 12.1. The first-order chi connectivity index (χ1) is 25.5. The highest BCUT2D eigenvalue weighted by molar-refractivity contribution is 6.35. The van der Waals surface area contributed by atoms with Crippen molar-refractivity contribution in [1.82, 2.24) is 25.9 Å². The number of benzene rings is 2. The zero-order chi connectivity index (χ0) is 37.7. The Hall–Kier alpha value is -4.43. The summed E-state index contributed by atoms with van der Waals surface area (Å²) >= 11 is 7.11. The van der Waals surface area contributed by atoms with Crippen molar-refractivity contribution in [3.05, 3.63) is 87.6 Å². The SMILES string of the molecule is COc1cc(-c2nccc(-c3cccc4c3CCC[C@H]4Oc3nc(OC)c(CNC[C@H](C)O)cc3C(F)(F)F)c2Cl)ccc1CNC[C@H]1CCC(=O)N1. The van der Waals surface area contributed by atoms with Crippen LogP contribution in [0.3, 0.4) is 0 Å². The molecule has 1 fully saturated rings. The number of methoxy groups -OCH3 is 2. The van der Waals surface area contributed by atoms with E-state index in [1.165, 1.54) is 7.11 Å². The van der Waals surface area contributed by atoms with Crippen molar-refractivity contribution in [1.29, 1.82) is 0 Å². The van der Waals surface area contributed by atoms with Gasteiger partial charge < -0.3 is 35.3 Å². The predicted molar refractivity (Wildman–Crippen MR) is 195 cm³/mol. The lowest BCUT2D eigenvalue weighted by Crippen LogP contribution is -2.35. The number of nitrogens with zero attached hydrogens (tertiary/aromatic N) is 2. The molecule has 4 N–H and O–H groups in total. The van der Waals surface area contributed by atoms with E-state index in [1.54, 1.807) is 20.2 Å². The minimum absolute atomic E-state index is 0.00645. The maximum absolute atomic E-state index is 14.4. The van der Waals surface area contributed by atoms with Crippen LogP contribution in [0.25, 0.3) is 22.4 Å². The lowest BCUT2D eigenvalue weighted by atomic mass is 9.84. The van der Waals surface area contributed by atoms with Gasteiger partial charge in [-0.1, -0.05) is 41.9 Å². The number of rotatable bonds is 14. The van der Waals surface area contributed by atoms with Gasteiger partial charge in [0.25, 0.3) is 0 Å². The first-order valence-corrected chi connectivity index (χ1v) is 18.0. The molecule has 3 heterocycles. The molecule has 0 bridgehead atoms. The van der Waals surface area contributed by atoms with Gasteiger partial charge in [-0.05, 0) is 67.5 Å². The molecule has 0 saturated carbocycles. The van der Waals surface area contributed by atoms with E-state index in [-0.39, 0.29) is 36.5 Å². The van der Waals surface area contributed by atoms with Crippen molar-refractivity contribution in [3.8, 4) is 39.9 Å². The van der Waals surface area contributed by atoms with Crippen molar-refractivity contribution >= 4 is 17.5 Å². The molecule has 2 aliphatic rings. The number of aliphatic hydroxyl groups excluding tert-OH is 1. The van der Waals surface area contributed by atoms with Crippen LogP contribution >= 0.6 is 11.6 Å². The van der Waals surface area contributed by atoms with E-state index < -0.39 is 29.8 Å². The number of carbonyl (C=O) groups excluding carboxylic acids is 1. The van der Waals surface area contributed by atoms with Gasteiger partial charge in [0.2, 0.25) is 17.7 Å². The van der Waals surface area contributed by atoms with E-state index in [9.17, 15) is 23.1 Å². The van der Waals surface area contributed by atoms with Gasteiger partial charge in [0.1, 0.15) is 17.4 Å². The average Bonchev–Trinajstić information content (AvgIpc) is 3.56. The van der Waals surface area contributed by atoms with Crippen LogP contribution in [-0.4, -0.2) is 60.4 Å². The number of pyridine rings is 2. The van der Waals surface area contributed by atoms with Crippen LogP contribution in [-0.2, 0) is 30.5 Å². The Morgan fingerprint density at radius 1 is 1.00 bits per heavy atom. The van der Waals surface area contributed by atoms with Gasteiger partial charge in [-0.3, -0.25) is 9.78 Å². The van der Waals surface area contributed by atoms with E-state index >= 15 is 0 Å². The number of hydrogen-bond donors (Lipinski definition) is 4. The fourth-order valence-electron chi connectivity index (χ4n) is 6.95. The van der Waals surface area contributed by atoms with Crippen molar-refractivity contribution < 1.29 is 37.3 Å². The van der Waals surface area contributed by atoms with Crippen molar-refractivity contribution in [2.24, 2.45) is 0 Å². The number of alkyl halides is 3. The molecule has 1 saturated heterocycles. The summed E-state index contributed by atoms with van der Waals surface area (Å²) in [7, 11) is 2.95. The average molecular weight is 754 g/mol. The highest BCUT2D eigenvalue weighted by Crippen LogP contribution is 2.45. The van der Waals surface area contributed by atoms with Gasteiger partial charge in [-0.15, -0.1) is 0 Å². The highest BCUT2D eigenvalue weighted by Gasteiger charge is 2.38. The molecular weight excluding hydrogens is 711 g/mol. The maximum atomic E-state index is 14.4. The summed E-state index contributed by atoms with van der Waals surface area (Å²) in [5.41, 5.74) is 4.73. The number of halogens is 4. The lowest BCUT2D eigenvalue weighted by molar-refractivity contribution is -0.139. The van der Waals surface area contributed by atoms with Crippen molar-refractivity contribution in [2.45, 2.75) is 76.5 Å². The number of hydrogen-bond acceptors (Lipinski definition) is 9. The fraction of sp³-hybridized carbons (Fsp3) is 0.410. The molecule has 10 nitrogen and oxygen atoms in total. The quantitative estimate of drug-likeness (QED) is 0.110. The monoisotopic (exact) mass is 753 g/mol. The van der Waals surface area contributed by atoms with Gasteiger partial charge in [0, 0.05) is 67.1 Å². The van der Waals surface area contributed by atoms with Crippen molar-refractivity contribution in [2.75, 3.05) is 27.3 Å². The van der Waals surface area contributed by atoms with Crippen LogP contribution in [0.1, 0.15) is 66.5 Å². The zero-order valence-electron chi connectivity index (χ0n) is 29.8. The topological polar surface area (TPSA) is 127 Å². The summed E-state index contributed by atoms with van der Waals surface area (Å²) in [6.07, 6.45) is -1.23. The molecule has 3 atom stereocenters. The molecule has 282 valence electrons. The van der Waals surface area contributed by atoms with E-state index in [2.05, 4.69) is 25.9 Å². The van der Waals surface area contributed by atoms with Crippen LogP contribution in [0.15, 0.2) is 54.7 Å². The van der Waals surface area contributed by atoms with Gasteiger partial charge in [0.05, 0.1) is 31.0 Å². The number of amides is 1. The molecule has 6 rings (SSSR count). The molecular formula is C39H43ClF3N5O5. The summed E-state index contributed by atoms with van der Waals surface area (Å²) in [6.45, 7) is 2.99. The zero-order valence-corrected chi connectivity index (χ0v) is 30.5. The second-order valence-corrected chi connectivity index (χ2v) is 13.7. The second-order valence-electron chi connectivity index (χ2n) is 13.3. The number of nitrogens with one attached hydrogen (secondary N) is 3. The van der Waals surface area contributed by atoms with Crippen LogP contribution in [0, 0.1) is 0 Å². The van der Waals surface area contributed by atoms with E-state index in [4.69, 9.17) is 25.8 Å². The summed E-state index contributed by atoms with van der Waals surface area (Å²) < 4.78 is 60.4. The molecule has 14 heteroatoms. The van der Waals surface area contributed by atoms with E-state index in [0.29, 0.717) is 55.2 Å². The van der Waals surface area contributed by atoms with Crippen molar-refractivity contribution in [3.63, 3.8) is 0 Å². The second kappa shape index (κ2) is 16.7. The highest BCUT2D eigenvalue weighted by atomic mass is 35.5. The lowest BCUT2D eigenvalue weighted by Gasteiger charge is -2.29. The molecule has 0 unspecified atom stereocenters. The molecule has 0 spiro atoms. The Bertz CT molecular complexity index is 1940. The largest absolute Gasteiger partial charge is 0.496 e. The molecule has 1 amide bonds. The molecule has 1 aliphatic heterocycles. The Morgan fingerprint density at radius 3 is 2.53 bits per heavy atom. The van der Waals surface area contributed by atoms with Gasteiger partial charge in [0.15, 0.2) is 0 Å². The Balaban J connectivity index is 1.27. The first-order valence-electron chi connectivity index (χ1n) is 17.6. The third-order valence-electron chi connectivity index (χ3n) is 9.52. The number of ether oxygens (including phenoxy) is 3. The van der Waals surface area contributed by atoms with Gasteiger partial charge >= 0.3 is 6.18 Å². The minimum Gasteiger partial charge on any atom is -0.496 e. The number of fused-ring (bicyclic) bond motifs is 1. The smallest absolute Gasteiger partial charge is 0.421 e. The van der Waals surface area contributed by atoms with Crippen LogP contribution in [0.4, 0.5) is 13.2 Å². The first kappa shape index (κ1) is 38.3. The summed E-state index contributed by atoms with van der Waals surface area (Å²) in [4.78, 5) is 20.3. The molecule has 1 aliphatic carbocycles. The number of aliphatic hydroxyl groups is 1. The Morgan fingerprint density at radius 2 is 1.81 bits per heavy atom. The van der Waals surface area contributed by atoms with Crippen LogP contribution < -0.4 is 30.2 Å².